The van der Waals surface area contributed by atoms with Gasteiger partial charge in [0.05, 0.1) is 16.8 Å². The van der Waals surface area contributed by atoms with Crippen LogP contribution >= 0.6 is 0 Å². The van der Waals surface area contributed by atoms with Crippen LogP contribution in [0.2, 0.25) is 25.7 Å². The number of carbonyl (C=O) groups excluding carboxylic acids is 2. The quantitative estimate of drug-likeness (QED) is 0.135. The number of fused-ring (bicyclic) bond motifs is 2. The predicted octanol–water partition coefficient (Wildman–Crippen LogP) is 5.35. The van der Waals surface area contributed by atoms with E-state index >= 15 is 0 Å². The number of carbonyl (C=O) groups is 2. The first-order valence-corrected chi connectivity index (χ1v) is 17.1. The van der Waals surface area contributed by atoms with Crippen LogP contribution in [0.25, 0.3) is 33.5 Å². The number of primary amides is 1. The molecule has 0 radical (unpaired) electrons. The molecule has 4 rings (SSSR count). The van der Waals surface area contributed by atoms with Crippen molar-refractivity contribution in [2.24, 2.45) is 5.73 Å². The Morgan fingerprint density at radius 2 is 1.90 bits per heavy atom. The maximum atomic E-state index is 13.0. The number of aromatic nitrogens is 5. The number of alkyl halides is 2. The fraction of sp³-hybridized carbons (Fsp3) is 0.464. The van der Waals surface area contributed by atoms with Crippen LogP contribution in [0.4, 0.5) is 8.78 Å². The van der Waals surface area contributed by atoms with Gasteiger partial charge in [0.15, 0.2) is 5.65 Å². The molecule has 2 N–H and O–H groups in total. The van der Waals surface area contributed by atoms with E-state index in [2.05, 4.69) is 24.4 Å². The van der Waals surface area contributed by atoms with Gasteiger partial charge in [-0.05, 0) is 24.2 Å². The summed E-state index contributed by atoms with van der Waals surface area (Å²) in [5, 5.41) is 5.22. The fourth-order valence-electron chi connectivity index (χ4n) is 4.45. The summed E-state index contributed by atoms with van der Waals surface area (Å²) >= 11 is 0. The summed E-state index contributed by atoms with van der Waals surface area (Å²) in [6.45, 7) is 10.7. The van der Waals surface area contributed by atoms with Crippen molar-refractivity contribution in [1.82, 2.24) is 24.3 Å². The van der Waals surface area contributed by atoms with Gasteiger partial charge in [0, 0.05) is 44.6 Å². The Balaban J connectivity index is 1.93. The van der Waals surface area contributed by atoms with E-state index in [1.165, 1.54) is 12.1 Å². The Morgan fingerprint density at radius 1 is 1.17 bits per heavy atom. The highest BCUT2D eigenvalue weighted by molar-refractivity contribution is 6.76. The molecule has 0 saturated carbocycles. The van der Waals surface area contributed by atoms with Crippen LogP contribution in [0.5, 0.6) is 5.75 Å². The third-order valence-corrected chi connectivity index (χ3v) is 8.23. The zero-order valence-electron chi connectivity index (χ0n) is 24.2. The normalized spacial score (nSPS) is 12.5. The van der Waals surface area contributed by atoms with E-state index in [0.717, 1.165) is 12.3 Å². The SMILES string of the molecule is CC(C)(C)c1nc2c(nc1-c1nn(CCC=O)c3ccc(OC(F)F)cc13)c(C(N)=O)cn2COCC[Si](C)(C)C. The van der Waals surface area contributed by atoms with Gasteiger partial charge in [0.25, 0.3) is 5.91 Å². The summed E-state index contributed by atoms with van der Waals surface area (Å²) in [7, 11) is -1.30. The Morgan fingerprint density at radius 3 is 2.51 bits per heavy atom. The third-order valence-electron chi connectivity index (χ3n) is 6.52. The van der Waals surface area contributed by atoms with E-state index in [1.807, 2.05) is 20.8 Å². The number of rotatable bonds is 12. The second kappa shape index (κ2) is 11.6. The first kappa shape index (κ1) is 30.3. The second-order valence-corrected chi connectivity index (χ2v) is 17.8. The van der Waals surface area contributed by atoms with Crippen LogP contribution < -0.4 is 10.5 Å². The van der Waals surface area contributed by atoms with Gasteiger partial charge in [0.2, 0.25) is 0 Å². The molecular formula is C28H36F2N6O4Si. The first-order chi connectivity index (χ1) is 19.2. The van der Waals surface area contributed by atoms with Crippen LogP contribution in [-0.4, -0.2) is 57.8 Å². The van der Waals surface area contributed by atoms with Crippen LogP contribution in [0.1, 0.15) is 43.2 Å². The Kier molecular flexibility index (Phi) is 8.59. The number of aldehydes is 1. The fourth-order valence-corrected chi connectivity index (χ4v) is 5.21. The number of halogens is 2. The average Bonchev–Trinajstić information content (AvgIpc) is 3.41. The van der Waals surface area contributed by atoms with E-state index < -0.39 is 26.0 Å². The number of nitrogens with zero attached hydrogens (tertiary/aromatic N) is 5. The smallest absolute Gasteiger partial charge is 0.387 e. The van der Waals surface area contributed by atoms with Gasteiger partial charge < -0.3 is 24.6 Å². The molecule has 1 amide bonds. The molecule has 220 valence electrons. The molecule has 0 aliphatic carbocycles. The molecular weight excluding hydrogens is 550 g/mol. The van der Waals surface area contributed by atoms with Crippen molar-refractivity contribution in [2.45, 2.75) is 78.2 Å². The molecule has 0 fully saturated rings. The number of benzene rings is 1. The van der Waals surface area contributed by atoms with Gasteiger partial charge in [-0.3, -0.25) is 9.48 Å². The molecule has 13 heteroatoms. The Bertz CT molecular complexity index is 1590. The van der Waals surface area contributed by atoms with Gasteiger partial charge in [-0.25, -0.2) is 9.97 Å². The lowest BCUT2D eigenvalue weighted by Crippen LogP contribution is -2.22. The monoisotopic (exact) mass is 586 g/mol. The molecule has 3 heterocycles. The van der Waals surface area contributed by atoms with Crippen LogP contribution in [-0.2, 0) is 28.2 Å². The number of aryl methyl sites for hydroxylation is 1. The predicted molar refractivity (Wildman–Crippen MR) is 155 cm³/mol. The highest BCUT2D eigenvalue weighted by Gasteiger charge is 2.29. The van der Waals surface area contributed by atoms with Crippen molar-refractivity contribution in [3.05, 3.63) is 35.7 Å². The molecule has 1 aromatic carbocycles. The molecule has 41 heavy (non-hydrogen) atoms. The minimum atomic E-state index is -3.01. The first-order valence-electron chi connectivity index (χ1n) is 13.4. The summed E-state index contributed by atoms with van der Waals surface area (Å²) in [6.07, 6.45) is 2.57. The van der Waals surface area contributed by atoms with E-state index in [-0.39, 0.29) is 36.5 Å². The maximum Gasteiger partial charge on any atom is 0.387 e. The number of ether oxygens (including phenoxy) is 2. The minimum absolute atomic E-state index is 0.0468. The van der Waals surface area contributed by atoms with Crippen molar-refractivity contribution in [3.8, 4) is 17.1 Å². The molecule has 4 aromatic rings. The third kappa shape index (κ3) is 6.79. The van der Waals surface area contributed by atoms with E-state index in [0.29, 0.717) is 40.2 Å². The van der Waals surface area contributed by atoms with Crippen molar-refractivity contribution in [1.29, 1.82) is 0 Å². The van der Waals surface area contributed by atoms with E-state index in [1.54, 1.807) is 21.5 Å². The summed E-state index contributed by atoms with van der Waals surface area (Å²) in [4.78, 5) is 33.4. The number of nitrogens with two attached hydrogens (primary N) is 1. The Hall–Kier alpha value is -3.71. The van der Waals surface area contributed by atoms with Crippen molar-refractivity contribution >= 4 is 42.3 Å². The molecule has 0 saturated heterocycles. The minimum Gasteiger partial charge on any atom is -0.435 e. The summed E-state index contributed by atoms with van der Waals surface area (Å²) < 4.78 is 40.0. The van der Waals surface area contributed by atoms with Gasteiger partial charge >= 0.3 is 6.61 Å². The molecule has 0 aliphatic heterocycles. The van der Waals surface area contributed by atoms with Gasteiger partial charge in [-0.2, -0.15) is 13.9 Å². The molecule has 0 bridgehead atoms. The summed E-state index contributed by atoms with van der Waals surface area (Å²) in [5.74, 6) is -0.719. The lowest BCUT2D eigenvalue weighted by Gasteiger charge is -2.21. The van der Waals surface area contributed by atoms with E-state index in [4.69, 9.17) is 25.5 Å². The second-order valence-electron chi connectivity index (χ2n) is 12.2. The van der Waals surface area contributed by atoms with Crippen LogP contribution in [0, 0.1) is 0 Å². The lowest BCUT2D eigenvalue weighted by atomic mass is 9.89. The van der Waals surface area contributed by atoms with E-state index in [9.17, 15) is 18.4 Å². The highest BCUT2D eigenvalue weighted by atomic mass is 28.3. The number of hydrogen-bond acceptors (Lipinski definition) is 7. The highest BCUT2D eigenvalue weighted by Crippen LogP contribution is 2.37. The zero-order valence-corrected chi connectivity index (χ0v) is 25.2. The maximum absolute atomic E-state index is 13.0. The van der Waals surface area contributed by atoms with Gasteiger partial charge in [-0.1, -0.05) is 40.4 Å². The molecule has 0 atom stereocenters. The summed E-state index contributed by atoms with van der Waals surface area (Å²) in [6, 6.07) is 5.48. The molecule has 10 nitrogen and oxygen atoms in total. The van der Waals surface area contributed by atoms with Crippen LogP contribution in [0.15, 0.2) is 24.4 Å². The standard InChI is InChI=1S/C28H36F2N6O4Si/c1-28(2,3)24-23(21-18-14-17(40-27(29)30)8-9-20(18)36(34-21)10-7-11-37)32-22-19(25(31)38)15-35(26(22)33-24)16-39-12-13-41(4,5)6/h8-9,11,14-15,27H,7,10,12-13,16H2,1-6H3,(H2,31,38). The molecule has 0 spiro atoms. The van der Waals surface area contributed by atoms with Gasteiger partial charge in [0.1, 0.15) is 35.7 Å². The summed E-state index contributed by atoms with van der Waals surface area (Å²) in [5.41, 5.74) is 8.01. The average molecular weight is 587 g/mol. The largest absolute Gasteiger partial charge is 0.435 e. The molecule has 0 unspecified atom stereocenters. The van der Waals surface area contributed by atoms with Crippen molar-refractivity contribution in [3.63, 3.8) is 0 Å². The van der Waals surface area contributed by atoms with Crippen molar-refractivity contribution < 1.29 is 27.8 Å². The number of amides is 1. The number of hydrogen-bond donors (Lipinski definition) is 1. The van der Waals surface area contributed by atoms with Crippen molar-refractivity contribution in [2.75, 3.05) is 6.61 Å². The van der Waals surface area contributed by atoms with Gasteiger partial charge in [-0.15, -0.1) is 0 Å². The molecule has 3 aromatic heterocycles. The lowest BCUT2D eigenvalue weighted by molar-refractivity contribution is -0.108. The topological polar surface area (TPSA) is 127 Å². The zero-order chi connectivity index (χ0) is 30.1. The van der Waals surface area contributed by atoms with Crippen LogP contribution in [0.3, 0.4) is 0 Å². The molecule has 0 aliphatic rings. The Labute approximate surface area is 237 Å².